The summed E-state index contributed by atoms with van der Waals surface area (Å²) in [6.45, 7) is 1.80. The molecule has 0 aliphatic carbocycles. The van der Waals surface area contributed by atoms with E-state index in [-0.39, 0.29) is 30.1 Å². The number of aliphatic hydroxyl groups excluding tert-OH is 1. The molecule has 2 N–H and O–H groups in total. The van der Waals surface area contributed by atoms with E-state index >= 15 is 0 Å². The van der Waals surface area contributed by atoms with Gasteiger partial charge in [0.2, 0.25) is 0 Å². The number of hydroxylamine groups is 1. The maximum atomic E-state index is 14.0. The molecule has 3 saturated heterocycles. The number of alkyl carbamates (subject to hydrolysis) is 1. The fourth-order valence-corrected chi connectivity index (χ4v) is 7.06. The Morgan fingerprint density at radius 3 is 2.55 bits per heavy atom. The summed E-state index contributed by atoms with van der Waals surface area (Å²) in [5.41, 5.74) is 0.830. The number of hydrogen-bond acceptors (Lipinski definition) is 11. The van der Waals surface area contributed by atoms with Crippen LogP contribution >= 0.6 is 0 Å². The zero-order valence-electron chi connectivity index (χ0n) is 24.2. The molecule has 13 nitrogen and oxygen atoms in total. The number of fused-ring (bicyclic) bond motifs is 2. The minimum absolute atomic E-state index is 0.0576. The van der Waals surface area contributed by atoms with Crippen LogP contribution in [0.25, 0.3) is 0 Å². The Hall–Kier alpha value is -2.98. The average Bonchev–Trinajstić information content (AvgIpc) is 3.66. The first-order valence-electron chi connectivity index (χ1n) is 15.0. The monoisotopic (exact) mass is 634 g/mol. The molecule has 44 heavy (non-hydrogen) atoms. The molecule has 3 fully saturated rings. The fraction of sp³-hybridized carbons (Fsp3) is 0.567. The van der Waals surface area contributed by atoms with Crippen molar-refractivity contribution in [1.29, 1.82) is 0 Å². The van der Waals surface area contributed by atoms with Crippen molar-refractivity contribution in [3.63, 3.8) is 0 Å². The molecule has 4 aliphatic rings. The van der Waals surface area contributed by atoms with E-state index in [9.17, 15) is 18.3 Å². The topological polar surface area (TPSA) is 151 Å². The lowest BCUT2D eigenvalue weighted by molar-refractivity contribution is -0.170. The molecule has 4 heterocycles. The summed E-state index contributed by atoms with van der Waals surface area (Å²) < 4.78 is 62.2. The van der Waals surface area contributed by atoms with Crippen LogP contribution in [0.15, 0.2) is 53.4 Å². The molecule has 1 amide bonds. The molecule has 4 aliphatic heterocycles. The number of rotatable bonds is 11. The van der Waals surface area contributed by atoms with Gasteiger partial charge < -0.3 is 38.8 Å². The van der Waals surface area contributed by atoms with Crippen molar-refractivity contribution >= 4 is 16.1 Å². The number of amides is 1. The highest BCUT2D eigenvalue weighted by Gasteiger charge is 2.44. The number of carbonyl (C=O) groups is 1. The van der Waals surface area contributed by atoms with Gasteiger partial charge in [-0.3, -0.25) is 4.84 Å². The van der Waals surface area contributed by atoms with Crippen molar-refractivity contribution in [2.24, 2.45) is 5.92 Å². The van der Waals surface area contributed by atoms with Gasteiger partial charge in [-0.2, -0.15) is 0 Å². The maximum Gasteiger partial charge on any atom is 0.407 e. The van der Waals surface area contributed by atoms with E-state index < -0.39 is 47.0 Å². The van der Waals surface area contributed by atoms with E-state index in [1.807, 2.05) is 30.3 Å². The SMILES string of the molecule is O=C(N[C@@H](Cc1ccccc1)[C@H](O)CN(OC1CCOCC1)S(=O)(=O)c1ccc2c(c1)OCCO2)OC1CO[C@H]2OCC[C@@H]12. The zero-order chi connectivity index (χ0) is 30.5. The summed E-state index contributed by atoms with van der Waals surface area (Å²) >= 11 is 0. The summed E-state index contributed by atoms with van der Waals surface area (Å²) in [5.74, 6) is 0.694. The first-order chi connectivity index (χ1) is 21.4. The van der Waals surface area contributed by atoms with E-state index in [0.29, 0.717) is 57.4 Å². The van der Waals surface area contributed by atoms with Crippen molar-refractivity contribution in [2.75, 3.05) is 46.2 Å². The molecular formula is C30H38N2O11S. The number of nitrogens with zero attached hydrogens (tertiary/aromatic N) is 1. The standard InChI is InChI=1S/C30H38N2O11S/c33-25(24(16-20-4-2-1-3-5-20)31-30(34)42-28-19-41-29-23(28)10-13-40-29)18-32(43-21-8-11-37-12-9-21)44(35,36)22-6-7-26-27(17-22)39-15-14-38-26/h1-7,17,21,23-25,28-29,33H,8-16,18-19H2,(H,31,34)/t23-,24-,25+,28?,29+/m0/s1. The summed E-state index contributed by atoms with van der Waals surface area (Å²) in [5, 5.41) is 14.3. The van der Waals surface area contributed by atoms with Gasteiger partial charge in [0.15, 0.2) is 17.8 Å². The third-order valence-electron chi connectivity index (χ3n) is 8.16. The van der Waals surface area contributed by atoms with Gasteiger partial charge in [0.25, 0.3) is 10.0 Å². The van der Waals surface area contributed by atoms with Crippen LogP contribution < -0.4 is 14.8 Å². The minimum Gasteiger partial charge on any atom is -0.486 e. The Labute approximate surface area is 256 Å². The van der Waals surface area contributed by atoms with E-state index in [2.05, 4.69) is 5.32 Å². The van der Waals surface area contributed by atoms with Gasteiger partial charge in [-0.1, -0.05) is 34.8 Å². The molecule has 0 aromatic heterocycles. The Balaban J connectivity index is 1.22. The van der Waals surface area contributed by atoms with Gasteiger partial charge in [-0.15, -0.1) is 0 Å². The lowest BCUT2D eigenvalue weighted by atomic mass is 10.0. The lowest BCUT2D eigenvalue weighted by Gasteiger charge is -2.32. The van der Waals surface area contributed by atoms with Crippen molar-refractivity contribution in [1.82, 2.24) is 9.79 Å². The van der Waals surface area contributed by atoms with Gasteiger partial charge in [-0.05, 0) is 43.4 Å². The highest BCUT2D eigenvalue weighted by atomic mass is 32.2. The summed E-state index contributed by atoms with van der Waals surface area (Å²) in [7, 11) is -4.29. The number of nitrogens with one attached hydrogen (secondary N) is 1. The molecular weight excluding hydrogens is 596 g/mol. The van der Waals surface area contributed by atoms with Gasteiger partial charge in [0.05, 0.1) is 48.8 Å². The van der Waals surface area contributed by atoms with Gasteiger partial charge >= 0.3 is 6.09 Å². The molecule has 0 radical (unpaired) electrons. The smallest absolute Gasteiger partial charge is 0.407 e. The second-order valence-corrected chi connectivity index (χ2v) is 13.0. The number of hydrogen-bond donors (Lipinski definition) is 2. The predicted octanol–water partition coefficient (Wildman–Crippen LogP) is 2.02. The summed E-state index contributed by atoms with van der Waals surface area (Å²) in [6.07, 6.45) is -1.54. The Bertz CT molecular complexity index is 1370. The highest BCUT2D eigenvalue weighted by molar-refractivity contribution is 7.89. The molecule has 6 rings (SSSR count). The molecule has 1 unspecified atom stereocenters. The Morgan fingerprint density at radius 1 is 0.977 bits per heavy atom. The second-order valence-electron chi connectivity index (χ2n) is 11.2. The van der Waals surface area contributed by atoms with Gasteiger partial charge in [-0.25, -0.2) is 13.2 Å². The molecule has 14 heteroatoms. The van der Waals surface area contributed by atoms with Crippen molar-refractivity contribution in [2.45, 2.75) is 61.2 Å². The van der Waals surface area contributed by atoms with Gasteiger partial charge in [0, 0.05) is 19.3 Å². The number of benzene rings is 2. The van der Waals surface area contributed by atoms with Crippen molar-refractivity contribution in [3.8, 4) is 11.5 Å². The number of aliphatic hydroxyl groups is 1. The number of ether oxygens (including phenoxy) is 6. The molecule has 0 spiro atoms. The van der Waals surface area contributed by atoms with E-state index in [1.165, 1.54) is 18.2 Å². The quantitative estimate of drug-likeness (QED) is 0.350. The van der Waals surface area contributed by atoms with Crippen LogP contribution in [0.3, 0.4) is 0 Å². The van der Waals surface area contributed by atoms with Crippen LogP contribution in [0.1, 0.15) is 24.8 Å². The normalized spacial score (nSPS) is 24.9. The van der Waals surface area contributed by atoms with E-state index in [1.54, 1.807) is 0 Å². The maximum absolute atomic E-state index is 14.0. The van der Waals surface area contributed by atoms with Crippen LogP contribution in [0.2, 0.25) is 0 Å². The fourth-order valence-electron chi connectivity index (χ4n) is 5.75. The average molecular weight is 635 g/mol. The van der Waals surface area contributed by atoms with E-state index in [4.69, 9.17) is 33.3 Å². The third kappa shape index (κ3) is 7.28. The number of carbonyl (C=O) groups excluding carboxylic acids is 1. The van der Waals surface area contributed by atoms with Crippen LogP contribution in [0.5, 0.6) is 11.5 Å². The van der Waals surface area contributed by atoms with Crippen LogP contribution in [-0.2, 0) is 40.2 Å². The van der Waals surface area contributed by atoms with Crippen molar-refractivity contribution < 1.29 is 51.6 Å². The van der Waals surface area contributed by atoms with Crippen LogP contribution in [0.4, 0.5) is 4.79 Å². The lowest BCUT2D eigenvalue weighted by Crippen LogP contribution is -2.52. The predicted molar refractivity (Wildman–Crippen MR) is 153 cm³/mol. The number of sulfonamides is 1. The van der Waals surface area contributed by atoms with Crippen LogP contribution in [-0.4, -0.2) is 101 Å². The molecule has 0 bridgehead atoms. The molecule has 0 saturated carbocycles. The molecule has 2 aromatic carbocycles. The summed E-state index contributed by atoms with van der Waals surface area (Å²) in [4.78, 5) is 19.1. The van der Waals surface area contributed by atoms with Crippen molar-refractivity contribution in [3.05, 3.63) is 54.1 Å². The molecule has 240 valence electrons. The highest BCUT2D eigenvalue weighted by Crippen LogP contribution is 2.34. The van der Waals surface area contributed by atoms with Crippen LogP contribution in [0, 0.1) is 5.92 Å². The minimum atomic E-state index is -4.29. The zero-order valence-corrected chi connectivity index (χ0v) is 25.1. The second kappa shape index (κ2) is 14.0. The Morgan fingerprint density at radius 2 is 1.75 bits per heavy atom. The third-order valence-corrected chi connectivity index (χ3v) is 9.78. The largest absolute Gasteiger partial charge is 0.486 e. The molecule has 5 atom stereocenters. The first-order valence-corrected chi connectivity index (χ1v) is 16.4. The van der Waals surface area contributed by atoms with Gasteiger partial charge in [0.1, 0.15) is 19.3 Å². The Kier molecular flexibility index (Phi) is 9.86. The van der Waals surface area contributed by atoms with E-state index in [0.717, 1.165) is 16.5 Å². The summed E-state index contributed by atoms with van der Waals surface area (Å²) in [6, 6.07) is 12.7. The molecule has 2 aromatic rings. The first kappa shape index (κ1) is 31.0.